The summed E-state index contributed by atoms with van der Waals surface area (Å²) in [5.74, 6) is -1.45. The zero-order chi connectivity index (χ0) is 18.3. The zero-order valence-corrected chi connectivity index (χ0v) is 15.1. The molecule has 1 aromatic carbocycles. The number of amides is 3. The van der Waals surface area contributed by atoms with E-state index in [9.17, 15) is 14.4 Å². The van der Waals surface area contributed by atoms with Gasteiger partial charge in [-0.25, -0.2) is 9.59 Å². The van der Waals surface area contributed by atoms with Gasteiger partial charge in [-0.2, -0.15) is 0 Å². The monoisotopic (exact) mass is 396 g/mol. The van der Waals surface area contributed by atoms with Crippen molar-refractivity contribution in [1.29, 1.82) is 0 Å². The molecule has 0 atom stereocenters. The third kappa shape index (κ3) is 7.25. The fraction of sp³-hybridized carbons (Fsp3) is 0.357. The lowest BCUT2D eigenvalue weighted by Crippen LogP contribution is -2.44. The average Bonchev–Trinajstić information content (AvgIpc) is 2.46. The number of esters is 1. The minimum Gasteiger partial charge on any atom is -0.480 e. The van der Waals surface area contributed by atoms with Crippen molar-refractivity contribution in [3.05, 3.63) is 27.2 Å². The normalized spacial score (nSPS) is 10.2. The van der Waals surface area contributed by atoms with Gasteiger partial charge in [-0.3, -0.25) is 10.1 Å². The highest BCUT2D eigenvalue weighted by Crippen LogP contribution is 2.33. The molecule has 7 nitrogen and oxygen atoms in total. The lowest BCUT2D eigenvalue weighted by molar-refractivity contribution is -0.150. The molecule has 0 aliphatic rings. The van der Waals surface area contributed by atoms with Crippen LogP contribution in [0.15, 0.2) is 12.1 Å². The van der Waals surface area contributed by atoms with Gasteiger partial charge in [-0.15, -0.1) is 0 Å². The minimum atomic E-state index is -0.823. The van der Waals surface area contributed by atoms with E-state index in [0.717, 1.165) is 0 Å². The number of halogens is 3. The molecular formula is C14H15Cl3N2O5. The standard InChI is InChI=1S/C14H15Cl3N2O5/c1-7(2)18-14(22)19-12(20)5-24-13(21)6-23-11-4-9(16)8(15)3-10(11)17/h3-4,7H,5-6H2,1-2H3,(H2,18,19,20,22). The van der Waals surface area contributed by atoms with Gasteiger partial charge >= 0.3 is 12.0 Å². The van der Waals surface area contributed by atoms with Crippen molar-refractivity contribution in [2.45, 2.75) is 19.9 Å². The second kappa shape index (κ2) is 9.56. The third-order valence-corrected chi connectivity index (χ3v) is 3.37. The van der Waals surface area contributed by atoms with Crippen LogP contribution in [0.5, 0.6) is 5.75 Å². The highest BCUT2D eigenvalue weighted by atomic mass is 35.5. The lowest BCUT2D eigenvalue weighted by atomic mass is 10.3. The Morgan fingerprint density at radius 1 is 1.04 bits per heavy atom. The molecule has 0 fully saturated rings. The van der Waals surface area contributed by atoms with Crippen LogP contribution in [0, 0.1) is 0 Å². The van der Waals surface area contributed by atoms with Crippen LogP contribution in [0.4, 0.5) is 4.79 Å². The number of benzene rings is 1. The van der Waals surface area contributed by atoms with Gasteiger partial charge in [0.2, 0.25) is 0 Å². The van der Waals surface area contributed by atoms with Crippen molar-refractivity contribution < 1.29 is 23.9 Å². The second-order valence-corrected chi connectivity index (χ2v) is 6.04. The predicted molar refractivity (Wildman–Crippen MR) is 89.7 cm³/mol. The maximum Gasteiger partial charge on any atom is 0.344 e. The first-order valence-corrected chi connectivity index (χ1v) is 7.85. The summed E-state index contributed by atoms with van der Waals surface area (Å²) in [4.78, 5) is 34.2. The molecule has 0 aromatic heterocycles. The van der Waals surface area contributed by atoms with Crippen LogP contribution in [0.1, 0.15) is 13.8 Å². The van der Waals surface area contributed by atoms with Gasteiger partial charge in [-0.05, 0) is 19.9 Å². The van der Waals surface area contributed by atoms with E-state index in [0.29, 0.717) is 0 Å². The molecule has 24 heavy (non-hydrogen) atoms. The smallest absolute Gasteiger partial charge is 0.344 e. The van der Waals surface area contributed by atoms with Crippen molar-refractivity contribution in [3.8, 4) is 5.75 Å². The number of nitrogens with one attached hydrogen (secondary N) is 2. The highest BCUT2D eigenvalue weighted by molar-refractivity contribution is 6.43. The van der Waals surface area contributed by atoms with Gasteiger partial charge in [0.25, 0.3) is 5.91 Å². The Bertz CT molecular complexity index is 637. The van der Waals surface area contributed by atoms with Crippen LogP contribution < -0.4 is 15.4 Å². The van der Waals surface area contributed by atoms with Crippen molar-refractivity contribution >= 4 is 52.7 Å². The summed E-state index contributed by atoms with van der Waals surface area (Å²) < 4.78 is 9.81. The number of imide groups is 1. The Hall–Kier alpha value is -1.70. The molecule has 0 unspecified atom stereocenters. The summed E-state index contributed by atoms with van der Waals surface area (Å²) in [6, 6.07) is 1.91. The summed E-state index contributed by atoms with van der Waals surface area (Å²) in [5.41, 5.74) is 0. The molecule has 10 heteroatoms. The van der Waals surface area contributed by atoms with Gasteiger partial charge in [0.1, 0.15) is 5.75 Å². The summed E-state index contributed by atoms with van der Waals surface area (Å²) in [6.07, 6.45) is 0. The molecule has 1 aromatic rings. The molecular weight excluding hydrogens is 383 g/mol. The van der Waals surface area contributed by atoms with E-state index in [4.69, 9.17) is 39.5 Å². The van der Waals surface area contributed by atoms with E-state index in [1.807, 2.05) is 5.32 Å². The zero-order valence-electron chi connectivity index (χ0n) is 12.8. The number of ether oxygens (including phenoxy) is 2. The highest BCUT2D eigenvalue weighted by Gasteiger charge is 2.13. The Morgan fingerprint density at radius 3 is 2.29 bits per heavy atom. The molecule has 0 bridgehead atoms. The molecule has 132 valence electrons. The molecule has 2 N–H and O–H groups in total. The summed E-state index contributed by atoms with van der Waals surface area (Å²) >= 11 is 17.5. The number of urea groups is 1. The van der Waals surface area contributed by atoms with Crippen LogP contribution in [-0.2, 0) is 14.3 Å². The minimum absolute atomic E-state index is 0.135. The molecule has 0 aliphatic heterocycles. The number of hydrogen-bond acceptors (Lipinski definition) is 5. The van der Waals surface area contributed by atoms with Crippen LogP contribution in [0.3, 0.4) is 0 Å². The molecule has 3 amide bonds. The Morgan fingerprint density at radius 2 is 1.67 bits per heavy atom. The van der Waals surface area contributed by atoms with Crippen LogP contribution >= 0.6 is 34.8 Å². The number of carbonyl (C=O) groups excluding carboxylic acids is 3. The SMILES string of the molecule is CC(C)NC(=O)NC(=O)COC(=O)COc1cc(Cl)c(Cl)cc1Cl. The van der Waals surface area contributed by atoms with Gasteiger partial charge in [0, 0.05) is 12.1 Å². The third-order valence-electron chi connectivity index (χ3n) is 2.36. The fourth-order valence-electron chi connectivity index (χ4n) is 1.40. The first-order valence-electron chi connectivity index (χ1n) is 6.72. The first kappa shape index (κ1) is 20.3. The van der Waals surface area contributed by atoms with Crippen molar-refractivity contribution in [2.75, 3.05) is 13.2 Å². The molecule has 0 saturated carbocycles. The molecule has 0 aliphatic carbocycles. The van der Waals surface area contributed by atoms with Gasteiger partial charge < -0.3 is 14.8 Å². The molecule has 1 rings (SSSR count). The van der Waals surface area contributed by atoms with Crippen molar-refractivity contribution in [3.63, 3.8) is 0 Å². The van der Waals surface area contributed by atoms with Gasteiger partial charge in [-0.1, -0.05) is 34.8 Å². The number of hydrogen-bond donors (Lipinski definition) is 2. The van der Waals surface area contributed by atoms with Crippen LogP contribution in [0.2, 0.25) is 15.1 Å². The van der Waals surface area contributed by atoms with E-state index in [-0.39, 0.29) is 26.9 Å². The second-order valence-electron chi connectivity index (χ2n) is 4.82. The first-order chi connectivity index (χ1) is 11.2. The maximum absolute atomic E-state index is 11.5. The summed E-state index contributed by atoms with van der Waals surface area (Å²) in [7, 11) is 0. The van der Waals surface area contributed by atoms with Gasteiger partial charge in [0.05, 0.1) is 15.1 Å². The quantitative estimate of drug-likeness (QED) is 0.569. The van der Waals surface area contributed by atoms with Crippen molar-refractivity contribution in [2.24, 2.45) is 0 Å². The summed E-state index contributed by atoms with van der Waals surface area (Å²) in [6.45, 7) is 2.34. The van der Waals surface area contributed by atoms with E-state index in [1.54, 1.807) is 13.8 Å². The topological polar surface area (TPSA) is 93.7 Å². The number of rotatable bonds is 6. The predicted octanol–water partition coefficient (Wildman–Crippen LogP) is 2.80. The van der Waals surface area contributed by atoms with E-state index in [2.05, 4.69) is 10.1 Å². The van der Waals surface area contributed by atoms with E-state index < -0.39 is 31.1 Å². The Labute approximate surface area is 153 Å². The summed E-state index contributed by atoms with van der Waals surface area (Å²) in [5, 5.41) is 5.07. The number of carbonyl (C=O) groups is 3. The Kier molecular flexibility index (Phi) is 8.10. The molecule has 0 heterocycles. The maximum atomic E-state index is 11.5. The van der Waals surface area contributed by atoms with E-state index in [1.165, 1.54) is 12.1 Å². The van der Waals surface area contributed by atoms with Crippen LogP contribution in [-0.4, -0.2) is 37.2 Å². The average molecular weight is 398 g/mol. The largest absolute Gasteiger partial charge is 0.480 e. The molecule has 0 saturated heterocycles. The molecule has 0 radical (unpaired) electrons. The van der Waals surface area contributed by atoms with Crippen LogP contribution in [0.25, 0.3) is 0 Å². The molecule has 0 spiro atoms. The van der Waals surface area contributed by atoms with Crippen molar-refractivity contribution in [1.82, 2.24) is 10.6 Å². The lowest BCUT2D eigenvalue weighted by Gasteiger charge is -2.10. The van der Waals surface area contributed by atoms with Gasteiger partial charge in [0.15, 0.2) is 13.2 Å². The van der Waals surface area contributed by atoms with E-state index >= 15 is 0 Å². The Balaban J connectivity index is 2.38. The fourth-order valence-corrected chi connectivity index (χ4v) is 1.99.